The Hall–Kier alpha value is -1.06. The van der Waals surface area contributed by atoms with E-state index in [0.717, 1.165) is 57.4 Å². The molecule has 1 aromatic carbocycles. The normalized spacial score (nSPS) is 21.8. The zero-order chi connectivity index (χ0) is 13.8. The molecule has 0 aromatic heterocycles. The lowest BCUT2D eigenvalue weighted by molar-refractivity contribution is 0.0422. The molecular weight excluding hydrogens is 250 g/mol. The molecule has 2 heterocycles. The van der Waals surface area contributed by atoms with Crippen LogP contribution in [-0.4, -0.2) is 44.9 Å². The molecule has 110 valence electrons. The summed E-state index contributed by atoms with van der Waals surface area (Å²) in [5.74, 6) is 1.81. The summed E-state index contributed by atoms with van der Waals surface area (Å²) in [6.45, 7) is 5.03. The number of rotatable bonds is 5. The second-order valence-corrected chi connectivity index (χ2v) is 6.14. The van der Waals surface area contributed by atoms with Gasteiger partial charge in [-0.15, -0.1) is 0 Å². The zero-order valence-electron chi connectivity index (χ0n) is 12.4. The summed E-state index contributed by atoms with van der Waals surface area (Å²) in [6.07, 6.45) is 4.74. The van der Waals surface area contributed by atoms with Gasteiger partial charge in [-0.3, -0.25) is 0 Å². The minimum Gasteiger partial charge on any atom is -0.493 e. The molecule has 3 rings (SSSR count). The maximum atomic E-state index is 5.56. The van der Waals surface area contributed by atoms with Gasteiger partial charge >= 0.3 is 0 Å². The highest BCUT2D eigenvalue weighted by Gasteiger charge is 2.16. The Bertz CT molecular complexity index is 441. The van der Waals surface area contributed by atoms with Gasteiger partial charge in [0.05, 0.1) is 13.2 Å². The van der Waals surface area contributed by atoms with Crippen molar-refractivity contribution >= 4 is 0 Å². The monoisotopic (exact) mass is 275 g/mol. The number of benzene rings is 1. The summed E-state index contributed by atoms with van der Waals surface area (Å²) < 4.78 is 11.1. The first-order valence-electron chi connectivity index (χ1n) is 7.82. The third kappa shape index (κ3) is 3.53. The molecule has 3 nitrogen and oxygen atoms in total. The number of ether oxygens (including phenoxy) is 2. The second-order valence-electron chi connectivity index (χ2n) is 6.14. The van der Waals surface area contributed by atoms with Gasteiger partial charge in [0.1, 0.15) is 5.75 Å². The molecule has 0 spiro atoms. The molecule has 3 heteroatoms. The van der Waals surface area contributed by atoms with Crippen LogP contribution in [0.1, 0.15) is 24.0 Å². The molecule has 0 radical (unpaired) electrons. The van der Waals surface area contributed by atoms with Crippen LogP contribution in [0.3, 0.4) is 0 Å². The van der Waals surface area contributed by atoms with Crippen molar-refractivity contribution in [2.45, 2.75) is 25.7 Å². The van der Waals surface area contributed by atoms with Gasteiger partial charge in [0.2, 0.25) is 0 Å². The highest BCUT2D eigenvalue weighted by atomic mass is 16.5. The van der Waals surface area contributed by atoms with Gasteiger partial charge in [0.25, 0.3) is 0 Å². The number of fused-ring (bicyclic) bond motifs is 1. The molecule has 0 saturated carbocycles. The molecule has 1 atom stereocenters. The fraction of sp³-hybridized carbons (Fsp3) is 0.647. The van der Waals surface area contributed by atoms with Crippen LogP contribution in [0.2, 0.25) is 0 Å². The van der Waals surface area contributed by atoms with E-state index in [-0.39, 0.29) is 0 Å². The summed E-state index contributed by atoms with van der Waals surface area (Å²) in [4.78, 5) is 2.45. The second kappa shape index (κ2) is 6.59. The van der Waals surface area contributed by atoms with Gasteiger partial charge in [-0.25, -0.2) is 0 Å². The average molecular weight is 275 g/mol. The maximum absolute atomic E-state index is 5.56. The van der Waals surface area contributed by atoms with Crippen molar-refractivity contribution in [1.82, 2.24) is 4.90 Å². The van der Waals surface area contributed by atoms with Crippen LogP contribution in [0.4, 0.5) is 0 Å². The van der Waals surface area contributed by atoms with Crippen LogP contribution in [0, 0.1) is 5.92 Å². The van der Waals surface area contributed by atoms with Gasteiger partial charge in [-0.2, -0.15) is 0 Å². The van der Waals surface area contributed by atoms with Gasteiger partial charge in [0, 0.05) is 26.1 Å². The third-order valence-corrected chi connectivity index (χ3v) is 4.36. The van der Waals surface area contributed by atoms with Crippen molar-refractivity contribution in [3.63, 3.8) is 0 Å². The van der Waals surface area contributed by atoms with Crippen LogP contribution in [0.15, 0.2) is 18.2 Å². The van der Waals surface area contributed by atoms with Crippen LogP contribution in [-0.2, 0) is 17.6 Å². The Morgan fingerprint density at radius 1 is 1.30 bits per heavy atom. The van der Waals surface area contributed by atoms with E-state index in [4.69, 9.17) is 9.47 Å². The first kappa shape index (κ1) is 13.9. The number of hydrogen-bond acceptors (Lipinski definition) is 3. The fourth-order valence-corrected chi connectivity index (χ4v) is 3.20. The molecular formula is C17H25NO2. The lowest BCUT2D eigenvalue weighted by Gasteiger charge is -2.27. The molecule has 1 aromatic rings. The van der Waals surface area contributed by atoms with E-state index in [9.17, 15) is 0 Å². The Labute approximate surface area is 121 Å². The number of likely N-dealkylation sites (N-methyl/N-ethyl adjacent to an activating group) is 1. The summed E-state index contributed by atoms with van der Waals surface area (Å²) in [5.41, 5.74) is 2.81. The van der Waals surface area contributed by atoms with E-state index in [1.54, 1.807) is 0 Å². The standard InChI is InChI=1S/C17H25NO2/c1-18(12-15-3-2-9-19-13-15)8-6-14-4-5-17-16(11-14)7-10-20-17/h4-5,11,15H,2-3,6-10,12-13H2,1H3/t15-/m0/s1. The van der Waals surface area contributed by atoms with Crippen LogP contribution in [0.25, 0.3) is 0 Å². The molecule has 0 amide bonds. The van der Waals surface area contributed by atoms with Crippen molar-refractivity contribution in [1.29, 1.82) is 0 Å². The molecule has 2 aliphatic rings. The van der Waals surface area contributed by atoms with E-state index in [1.165, 1.54) is 24.0 Å². The summed E-state index contributed by atoms with van der Waals surface area (Å²) in [7, 11) is 2.23. The fourth-order valence-electron chi connectivity index (χ4n) is 3.20. The highest BCUT2D eigenvalue weighted by molar-refractivity contribution is 5.39. The van der Waals surface area contributed by atoms with E-state index in [1.807, 2.05) is 0 Å². The lowest BCUT2D eigenvalue weighted by atomic mass is 10.0. The molecule has 0 aliphatic carbocycles. The molecule has 0 bridgehead atoms. The zero-order valence-corrected chi connectivity index (χ0v) is 12.4. The quantitative estimate of drug-likeness (QED) is 0.824. The largest absolute Gasteiger partial charge is 0.493 e. The van der Waals surface area contributed by atoms with E-state index in [2.05, 4.69) is 30.1 Å². The Morgan fingerprint density at radius 3 is 3.10 bits per heavy atom. The minimum absolute atomic E-state index is 0.724. The van der Waals surface area contributed by atoms with Crippen molar-refractivity contribution in [2.75, 3.05) is 40.0 Å². The Morgan fingerprint density at radius 2 is 2.25 bits per heavy atom. The maximum Gasteiger partial charge on any atom is 0.122 e. The summed E-state index contributed by atoms with van der Waals surface area (Å²) in [5, 5.41) is 0. The Balaban J connectivity index is 1.46. The SMILES string of the molecule is CN(CCc1ccc2c(c1)CCO2)C[C@@H]1CCCOC1. The lowest BCUT2D eigenvalue weighted by Crippen LogP contribution is -2.32. The number of hydrogen-bond donors (Lipinski definition) is 0. The molecule has 0 N–H and O–H groups in total. The van der Waals surface area contributed by atoms with Crippen LogP contribution < -0.4 is 4.74 Å². The van der Waals surface area contributed by atoms with Gasteiger partial charge in [-0.05, 0) is 49.4 Å². The molecule has 1 saturated heterocycles. The molecule has 0 unspecified atom stereocenters. The van der Waals surface area contributed by atoms with E-state index >= 15 is 0 Å². The van der Waals surface area contributed by atoms with Crippen LogP contribution >= 0.6 is 0 Å². The van der Waals surface area contributed by atoms with Gasteiger partial charge in [0.15, 0.2) is 0 Å². The van der Waals surface area contributed by atoms with Crippen molar-refractivity contribution < 1.29 is 9.47 Å². The predicted octanol–water partition coefficient (Wildman–Crippen LogP) is 2.52. The highest BCUT2D eigenvalue weighted by Crippen LogP contribution is 2.26. The van der Waals surface area contributed by atoms with Crippen molar-refractivity contribution in [3.8, 4) is 5.75 Å². The number of nitrogens with zero attached hydrogens (tertiary/aromatic N) is 1. The summed E-state index contributed by atoms with van der Waals surface area (Å²) in [6, 6.07) is 6.66. The third-order valence-electron chi connectivity index (χ3n) is 4.36. The first-order chi connectivity index (χ1) is 9.81. The first-order valence-corrected chi connectivity index (χ1v) is 7.82. The molecule has 2 aliphatic heterocycles. The van der Waals surface area contributed by atoms with Crippen LogP contribution in [0.5, 0.6) is 5.75 Å². The average Bonchev–Trinajstić information content (AvgIpc) is 2.93. The topological polar surface area (TPSA) is 21.7 Å². The van der Waals surface area contributed by atoms with Gasteiger partial charge < -0.3 is 14.4 Å². The van der Waals surface area contributed by atoms with Crippen molar-refractivity contribution in [3.05, 3.63) is 29.3 Å². The Kier molecular flexibility index (Phi) is 4.58. The molecule has 20 heavy (non-hydrogen) atoms. The minimum atomic E-state index is 0.724. The smallest absolute Gasteiger partial charge is 0.122 e. The van der Waals surface area contributed by atoms with E-state index in [0.29, 0.717) is 0 Å². The molecule has 1 fully saturated rings. The summed E-state index contributed by atoms with van der Waals surface area (Å²) >= 11 is 0. The van der Waals surface area contributed by atoms with E-state index < -0.39 is 0 Å². The van der Waals surface area contributed by atoms with Gasteiger partial charge in [-0.1, -0.05) is 12.1 Å². The predicted molar refractivity (Wildman–Crippen MR) is 80.4 cm³/mol. The van der Waals surface area contributed by atoms with Crippen molar-refractivity contribution in [2.24, 2.45) is 5.92 Å².